The first-order valence-corrected chi connectivity index (χ1v) is 10.1. The molecule has 6 heteroatoms. The molecule has 0 radical (unpaired) electrons. The maximum Gasteiger partial charge on any atom is 0.411 e. The number of hydrogen-bond donors (Lipinski definition) is 1. The minimum atomic E-state index is -0.367. The quantitative estimate of drug-likeness (QED) is 0.559. The first kappa shape index (κ1) is 23.6. The summed E-state index contributed by atoms with van der Waals surface area (Å²) >= 11 is 0. The molecule has 27 heavy (non-hydrogen) atoms. The van der Waals surface area contributed by atoms with E-state index in [-0.39, 0.29) is 24.6 Å². The van der Waals surface area contributed by atoms with Crippen LogP contribution in [0.25, 0.3) is 0 Å². The molecule has 154 valence electrons. The highest BCUT2D eigenvalue weighted by Gasteiger charge is 2.31. The highest BCUT2D eigenvalue weighted by atomic mass is 35.5. The summed E-state index contributed by atoms with van der Waals surface area (Å²) in [7, 11) is 0. The molecule has 1 aromatic carbocycles. The van der Waals surface area contributed by atoms with E-state index in [1.54, 1.807) is 0 Å². The molecule has 1 aliphatic rings. The van der Waals surface area contributed by atoms with Crippen molar-refractivity contribution in [3.63, 3.8) is 0 Å². The van der Waals surface area contributed by atoms with Gasteiger partial charge in [0, 0.05) is 11.7 Å². The number of carbonyl (C=O) groups is 1. The standard InChI is InChI=1S/C21H34N2O3.ClH/c1-4-7-16-25-18-14-12-17(13-15-18)22-21(24)26-20-11-9-8-10-19(20)23(5-2)6-3;/h12-15,19-20H,4-11,16H2,1-3H3,(H,22,24);1H. The number of carbonyl (C=O) groups excluding carboxylic acids is 1. The van der Waals surface area contributed by atoms with Crippen LogP contribution in [0.1, 0.15) is 59.3 Å². The summed E-state index contributed by atoms with van der Waals surface area (Å²) in [6.45, 7) is 9.17. The van der Waals surface area contributed by atoms with Gasteiger partial charge in [0.25, 0.3) is 0 Å². The second kappa shape index (κ2) is 12.8. The molecule has 2 atom stereocenters. The zero-order valence-electron chi connectivity index (χ0n) is 16.9. The fourth-order valence-corrected chi connectivity index (χ4v) is 3.58. The third-order valence-corrected chi connectivity index (χ3v) is 5.07. The molecule has 1 fully saturated rings. The summed E-state index contributed by atoms with van der Waals surface area (Å²) < 4.78 is 11.4. The average Bonchev–Trinajstić information content (AvgIpc) is 2.65. The van der Waals surface area contributed by atoms with Crippen LogP contribution < -0.4 is 10.1 Å². The monoisotopic (exact) mass is 398 g/mol. The van der Waals surface area contributed by atoms with Crippen molar-refractivity contribution in [1.82, 2.24) is 4.90 Å². The Balaban J connectivity index is 0.00000364. The van der Waals surface area contributed by atoms with Crippen molar-refractivity contribution in [2.24, 2.45) is 0 Å². The molecule has 1 N–H and O–H groups in total. The van der Waals surface area contributed by atoms with Gasteiger partial charge in [-0.05, 0) is 63.0 Å². The fourth-order valence-electron chi connectivity index (χ4n) is 3.58. The van der Waals surface area contributed by atoms with E-state index in [1.165, 1.54) is 6.42 Å². The van der Waals surface area contributed by atoms with Crippen LogP contribution in [0.15, 0.2) is 24.3 Å². The average molecular weight is 399 g/mol. The molecule has 0 heterocycles. The van der Waals surface area contributed by atoms with Crippen LogP contribution in [0, 0.1) is 0 Å². The molecule has 5 nitrogen and oxygen atoms in total. The number of amides is 1. The number of nitrogens with zero attached hydrogens (tertiary/aromatic N) is 1. The van der Waals surface area contributed by atoms with Crippen molar-refractivity contribution < 1.29 is 14.3 Å². The lowest BCUT2D eigenvalue weighted by Gasteiger charge is -2.38. The van der Waals surface area contributed by atoms with Crippen LogP contribution in [0.5, 0.6) is 5.75 Å². The Kier molecular flexibility index (Phi) is 11.2. The van der Waals surface area contributed by atoms with Crippen LogP contribution in [0.3, 0.4) is 0 Å². The Morgan fingerprint density at radius 1 is 1.11 bits per heavy atom. The van der Waals surface area contributed by atoms with E-state index in [0.29, 0.717) is 6.04 Å². The summed E-state index contributed by atoms with van der Waals surface area (Å²) in [5.74, 6) is 0.825. The van der Waals surface area contributed by atoms with Gasteiger partial charge in [-0.1, -0.05) is 33.6 Å². The molecular weight excluding hydrogens is 364 g/mol. The van der Waals surface area contributed by atoms with Crippen molar-refractivity contribution in [2.45, 2.75) is 71.4 Å². The number of rotatable bonds is 9. The summed E-state index contributed by atoms with van der Waals surface area (Å²) in [4.78, 5) is 14.7. The van der Waals surface area contributed by atoms with E-state index >= 15 is 0 Å². The van der Waals surface area contributed by atoms with Crippen LogP contribution in [-0.4, -0.2) is 42.8 Å². The predicted molar refractivity (Wildman–Crippen MR) is 113 cm³/mol. The molecule has 0 aliphatic heterocycles. The van der Waals surface area contributed by atoms with Gasteiger partial charge < -0.3 is 9.47 Å². The first-order chi connectivity index (χ1) is 12.7. The molecule has 0 saturated heterocycles. The summed E-state index contributed by atoms with van der Waals surface area (Å²) in [6.07, 6.45) is 6.14. The third kappa shape index (κ3) is 7.59. The molecule has 0 aromatic heterocycles. The lowest BCUT2D eigenvalue weighted by Crippen LogP contribution is -2.47. The van der Waals surface area contributed by atoms with E-state index in [9.17, 15) is 4.79 Å². The molecule has 1 amide bonds. The normalized spacial score (nSPS) is 19.3. The van der Waals surface area contributed by atoms with Gasteiger partial charge in [0.2, 0.25) is 0 Å². The summed E-state index contributed by atoms with van der Waals surface area (Å²) in [6, 6.07) is 7.80. The van der Waals surface area contributed by atoms with Crippen molar-refractivity contribution in [3.05, 3.63) is 24.3 Å². The molecule has 0 bridgehead atoms. The largest absolute Gasteiger partial charge is 0.494 e. The minimum absolute atomic E-state index is 0. The summed E-state index contributed by atoms with van der Waals surface area (Å²) in [5, 5.41) is 2.84. The summed E-state index contributed by atoms with van der Waals surface area (Å²) in [5.41, 5.74) is 0.730. The topological polar surface area (TPSA) is 50.8 Å². The van der Waals surface area contributed by atoms with Gasteiger partial charge >= 0.3 is 6.09 Å². The smallest absolute Gasteiger partial charge is 0.411 e. The number of nitrogens with one attached hydrogen (secondary N) is 1. The van der Waals surface area contributed by atoms with E-state index in [0.717, 1.165) is 63.2 Å². The van der Waals surface area contributed by atoms with Gasteiger partial charge in [0.05, 0.1) is 6.61 Å². The SMILES string of the molecule is CCCCOc1ccc(NC(=O)OC2CCCCC2N(CC)CC)cc1.Cl. The maximum absolute atomic E-state index is 12.3. The molecular formula is C21H35ClN2O3. The number of anilines is 1. The molecule has 1 aromatic rings. The van der Waals surface area contributed by atoms with Crippen LogP contribution >= 0.6 is 12.4 Å². The van der Waals surface area contributed by atoms with Crippen molar-refractivity contribution in [2.75, 3.05) is 25.0 Å². The van der Waals surface area contributed by atoms with E-state index < -0.39 is 0 Å². The van der Waals surface area contributed by atoms with Gasteiger partial charge in [-0.3, -0.25) is 10.2 Å². The zero-order valence-corrected chi connectivity index (χ0v) is 17.7. The highest BCUT2D eigenvalue weighted by Crippen LogP contribution is 2.26. The lowest BCUT2D eigenvalue weighted by atomic mass is 9.91. The first-order valence-electron chi connectivity index (χ1n) is 10.1. The molecule has 2 unspecified atom stereocenters. The Bertz CT molecular complexity index is 535. The van der Waals surface area contributed by atoms with Gasteiger partial charge in [-0.15, -0.1) is 12.4 Å². The second-order valence-corrected chi connectivity index (χ2v) is 6.87. The van der Waals surface area contributed by atoms with Gasteiger partial charge in [-0.25, -0.2) is 4.79 Å². The zero-order chi connectivity index (χ0) is 18.8. The van der Waals surface area contributed by atoms with Gasteiger partial charge in [-0.2, -0.15) is 0 Å². The van der Waals surface area contributed by atoms with Crippen molar-refractivity contribution in [3.8, 4) is 5.75 Å². The van der Waals surface area contributed by atoms with Crippen LogP contribution in [0.4, 0.5) is 10.5 Å². The van der Waals surface area contributed by atoms with E-state index in [4.69, 9.17) is 9.47 Å². The number of halogens is 1. The van der Waals surface area contributed by atoms with E-state index in [1.807, 2.05) is 24.3 Å². The number of unbranched alkanes of at least 4 members (excludes halogenated alkanes) is 1. The third-order valence-electron chi connectivity index (χ3n) is 5.07. The number of hydrogen-bond acceptors (Lipinski definition) is 4. The Morgan fingerprint density at radius 2 is 1.78 bits per heavy atom. The van der Waals surface area contributed by atoms with Crippen LogP contribution in [-0.2, 0) is 4.74 Å². The Morgan fingerprint density at radius 3 is 2.41 bits per heavy atom. The van der Waals surface area contributed by atoms with Crippen molar-refractivity contribution >= 4 is 24.2 Å². The highest BCUT2D eigenvalue weighted by molar-refractivity contribution is 5.85. The molecule has 1 saturated carbocycles. The Hall–Kier alpha value is -1.46. The lowest BCUT2D eigenvalue weighted by molar-refractivity contribution is 0.0125. The van der Waals surface area contributed by atoms with Crippen molar-refractivity contribution in [1.29, 1.82) is 0 Å². The maximum atomic E-state index is 12.3. The fraction of sp³-hybridized carbons (Fsp3) is 0.667. The minimum Gasteiger partial charge on any atom is -0.494 e. The molecule has 0 spiro atoms. The van der Waals surface area contributed by atoms with E-state index in [2.05, 4.69) is 31.0 Å². The van der Waals surface area contributed by atoms with Gasteiger partial charge in [0.1, 0.15) is 11.9 Å². The number of ether oxygens (including phenoxy) is 2. The number of benzene rings is 1. The molecule has 2 rings (SSSR count). The predicted octanol–water partition coefficient (Wildman–Crippen LogP) is 5.49. The van der Waals surface area contributed by atoms with Gasteiger partial charge in [0.15, 0.2) is 0 Å². The Labute approximate surface area is 170 Å². The van der Waals surface area contributed by atoms with Crippen LogP contribution in [0.2, 0.25) is 0 Å². The second-order valence-electron chi connectivity index (χ2n) is 6.87. The molecule has 1 aliphatic carbocycles. The number of likely N-dealkylation sites (N-methyl/N-ethyl adjacent to an activating group) is 1.